The molecule has 1 saturated heterocycles. The van der Waals surface area contributed by atoms with Crippen LogP contribution in [-0.4, -0.2) is 52.2 Å². The van der Waals surface area contributed by atoms with Gasteiger partial charge < -0.3 is 10.6 Å². The molecule has 0 spiro atoms. The summed E-state index contributed by atoms with van der Waals surface area (Å²) in [7, 11) is -1.06. The number of hydrogen-bond acceptors (Lipinski definition) is 3. The van der Waals surface area contributed by atoms with Crippen LogP contribution in [0.25, 0.3) is 0 Å². The van der Waals surface area contributed by atoms with Crippen LogP contribution >= 0.6 is 0 Å². The molecule has 136 valence electrons. The molecule has 24 heavy (non-hydrogen) atoms. The zero-order chi connectivity index (χ0) is 17.5. The third-order valence-corrected chi connectivity index (χ3v) is 6.37. The summed E-state index contributed by atoms with van der Waals surface area (Å²) in [6, 6.07) is 8.59. The third kappa shape index (κ3) is 5.66. The normalized spacial score (nSPS) is 19.5. The van der Waals surface area contributed by atoms with Gasteiger partial charge in [0.2, 0.25) is 0 Å². The highest BCUT2D eigenvalue weighted by molar-refractivity contribution is 7.82. The lowest BCUT2D eigenvalue weighted by Crippen LogP contribution is -2.40. The largest absolute Gasteiger partial charge is 0.328 e. The fourth-order valence-corrected chi connectivity index (χ4v) is 4.65. The fourth-order valence-electron chi connectivity index (χ4n) is 3.36. The van der Waals surface area contributed by atoms with Crippen molar-refractivity contribution in [3.63, 3.8) is 0 Å². The second-order valence-electron chi connectivity index (χ2n) is 6.96. The summed E-state index contributed by atoms with van der Waals surface area (Å²) < 4.78 is 14.9. The molecule has 5 heteroatoms. The first-order valence-corrected chi connectivity index (χ1v) is 10.4. The number of benzene rings is 1. The van der Waals surface area contributed by atoms with Gasteiger partial charge in [-0.15, -0.1) is 0 Å². The summed E-state index contributed by atoms with van der Waals surface area (Å²) in [5.41, 5.74) is 7.23. The lowest BCUT2D eigenvalue weighted by molar-refractivity contribution is 0.260. The highest BCUT2D eigenvalue weighted by Gasteiger charge is 2.21. The highest BCUT2D eigenvalue weighted by Crippen LogP contribution is 2.19. The summed E-state index contributed by atoms with van der Waals surface area (Å²) >= 11 is 0. The van der Waals surface area contributed by atoms with E-state index in [0.717, 1.165) is 56.9 Å². The molecule has 2 rings (SSSR count). The summed E-state index contributed by atoms with van der Waals surface area (Å²) in [5, 5.41) is 0. The molecule has 1 fully saturated rings. The van der Waals surface area contributed by atoms with Crippen molar-refractivity contribution in [2.45, 2.75) is 51.0 Å². The molecule has 1 aromatic rings. The standard InChI is InChI=1S/C19H33N3OS/c1-4-21(5-2)15-16(3)13-17-7-6-8-19(14-17)24(23)22-11-9-18(20)10-12-22/h6-8,14,16,18H,4-5,9-13,15,20H2,1-3H3. The molecule has 0 amide bonds. The number of hydrogen-bond donors (Lipinski definition) is 1. The summed E-state index contributed by atoms with van der Waals surface area (Å²) in [4.78, 5) is 3.39. The average Bonchev–Trinajstić information content (AvgIpc) is 2.60. The van der Waals surface area contributed by atoms with Crippen LogP contribution < -0.4 is 5.73 Å². The molecule has 0 aromatic heterocycles. The zero-order valence-corrected chi connectivity index (χ0v) is 16.2. The van der Waals surface area contributed by atoms with Gasteiger partial charge in [0.25, 0.3) is 0 Å². The molecule has 2 unspecified atom stereocenters. The van der Waals surface area contributed by atoms with Crippen molar-refractivity contribution in [2.75, 3.05) is 32.7 Å². The van der Waals surface area contributed by atoms with Gasteiger partial charge in [0.1, 0.15) is 11.0 Å². The SMILES string of the molecule is CCN(CC)CC(C)Cc1cccc(S(=O)N2CCC(N)CC2)c1. The van der Waals surface area contributed by atoms with Gasteiger partial charge in [-0.1, -0.05) is 32.9 Å². The lowest BCUT2D eigenvalue weighted by atomic mass is 10.0. The van der Waals surface area contributed by atoms with Crippen LogP contribution in [0.4, 0.5) is 0 Å². The Morgan fingerprint density at radius 1 is 1.29 bits per heavy atom. The van der Waals surface area contributed by atoms with E-state index in [0.29, 0.717) is 5.92 Å². The monoisotopic (exact) mass is 351 g/mol. The number of nitrogens with two attached hydrogens (primary N) is 1. The molecule has 1 aromatic carbocycles. The Bertz CT molecular complexity index is 525. The van der Waals surface area contributed by atoms with Gasteiger partial charge in [0.05, 0.1) is 4.90 Å². The highest BCUT2D eigenvalue weighted by atomic mass is 32.2. The van der Waals surface area contributed by atoms with Crippen molar-refractivity contribution >= 4 is 11.0 Å². The Morgan fingerprint density at radius 2 is 1.96 bits per heavy atom. The quantitative estimate of drug-likeness (QED) is 0.783. The maximum Gasteiger partial charge on any atom is 0.127 e. The molecule has 1 aliphatic rings. The number of rotatable bonds is 8. The van der Waals surface area contributed by atoms with Gasteiger partial charge in [-0.3, -0.25) is 0 Å². The van der Waals surface area contributed by atoms with Crippen molar-refractivity contribution < 1.29 is 4.21 Å². The van der Waals surface area contributed by atoms with E-state index in [1.54, 1.807) is 0 Å². The Kier molecular flexibility index (Phi) is 7.88. The molecule has 1 heterocycles. The van der Waals surface area contributed by atoms with Gasteiger partial charge in [-0.25, -0.2) is 8.51 Å². The van der Waals surface area contributed by atoms with Gasteiger partial charge >= 0.3 is 0 Å². The summed E-state index contributed by atoms with van der Waals surface area (Å²) in [5.74, 6) is 0.599. The van der Waals surface area contributed by atoms with Gasteiger partial charge in [0.15, 0.2) is 0 Å². The molecule has 0 saturated carbocycles. The molecule has 4 nitrogen and oxygen atoms in total. The minimum Gasteiger partial charge on any atom is -0.328 e. The second-order valence-corrected chi connectivity index (χ2v) is 8.44. The molecule has 0 radical (unpaired) electrons. The van der Waals surface area contributed by atoms with Crippen molar-refractivity contribution in [2.24, 2.45) is 11.7 Å². The Morgan fingerprint density at radius 3 is 2.58 bits per heavy atom. The average molecular weight is 352 g/mol. The van der Waals surface area contributed by atoms with Gasteiger partial charge in [-0.2, -0.15) is 0 Å². The van der Waals surface area contributed by atoms with E-state index < -0.39 is 11.0 Å². The van der Waals surface area contributed by atoms with Crippen LogP contribution in [0, 0.1) is 5.92 Å². The Labute approximate surface area is 150 Å². The third-order valence-electron chi connectivity index (χ3n) is 4.88. The maximum absolute atomic E-state index is 12.8. The summed E-state index contributed by atoms with van der Waals surface area (Å²) in [6.45, 7) is 11.7. The van der Waals surface area contributed by atoms with E-state index in [1.165, 1.54) is 5.56 Å². The molecule has 1 aliphatic heterocycles. The van der Waals surface area contributed by atoms with Crippen LogP contribution in [0.3, 0.4) is 0 Å². The second kappa shape index (κ2) is 9.66. The van der Waals surface area contributed by atoms with Crippen molar-refractivity contribution in [3.8, 4) is 0 Å². The first-order valence-electron chi connectivity index (χ1n) is 9.27. The van der Waals surface area contributed by atoms with Crippen molar-refractivity contribution in [1.82, 2.24) is 9.21 Å². The maximum atomic E-state index is 12.8. The van der Waals surface area contributed by atoms with Gasteiger partial charge in [0, 0.05) is 25.7 Å². The number of piperidine rings is 1. The minimum absolute atomic E-state index is 0.269. The van der Waals surface area contributed by atoms with E-state index in [1.807, 2.05) is 12.1 Å². The van der Waals surface area contributed by atoms with E-state index in [4.69, 9.17) is 5.73 Å². The zero-order valence-electron chi connectivity index (χ0n) is 15.4. The van der Waals surface area contributed by atoms with Gasteiger partial charge in [-0.05, 0) is 56.0 Å². The van der Waals surface area contributed by atoms with Crippen molar-refractivity contribution in [3.05, 3.63) is 29.8 Å². The molecule has 2 atom stereocenters. The molecule has 0 aliphatic carbocycles. The molecule has 0 bridgehead atoms. The number of nitrogens with zero attached hydrogens (tertiary/aromatic N) is 2. The molecule has 2 N–H and O–H groups in total. The molecular weight excluding hydrogens is 318 g/mol. The molecular formula is C19H33N3OS. The Hall–Kier alpha value is -0.750. The van der Waals surface area contributed by atoms with E-state index in [-0.39, 0.29) is 6.04 Å². The van der Waals surface area contributed by atoms with Crippen LogP contribution in [0.2, 0.25) is 0 Å². The van der Waals surface area contributed by atoms with E-state index in [9.17, 15) is 4.21 Å². The van der Waals surface area contributed by atoms with Crippen LogP contribution in [-0.2, 0) is 17.4 Å². The first kappa shape index (κ1) is 19.6. The topological polar surface area (TPSA) is 49.6 Å². The first-order chi connectivity index (χ1) is 11.5. The van der Waals surface area contributed by atoms with E-state index in [2.05, 4.69) is 42.1 Å². The fraction of sp³-hybridized carbons (Fsp3) is 0.684. The van der Waals surface area contributed by atoms with E-state index >= 15 is 0 Å². The van der Waals surface area contributed by atoms with Crippen molar-refractivity contribution in [1.29, 1.82) is 0 Å². The summed E-state index contributed by atoms with van der Waals surface area (Å²) in [6.07, 6.45) is 2.91. The lowest BCUT2D eigenvalue weighted by Gasteiger charge is -2.29. The van der Waals surface area contributed by atoms with Crippen LogP contribution in [0.5, 0.6) is 0 Å². The predicted molar refractivity (Wildman–Crippen MR) is 102 cm³/mol. The predicted octanol–water partition coefficient (Wildman–Crippen LogP) is 2.65. The minimum atomic E-state index is -1.06. The van der Waals surface area contributed by atoms with Crippen LogP contribution in [0.15, 0.2) is 29.2 Å². The smallest absolute Gasteiger partial charge is 0.127 e. The Balaban J connectivity index is 1.96. The van der Waals surface area contributed by atoms with Crippen LogP contribution in [0.1, 0.15) is 39.2 Å².